The lowest BCUT2D eigenvalue weighted by Gasteiger charge is -2.16. The molecule has 0 radical (unpaired) electrons. The van der Waals surface area contributed by atoms with Crippen LogP contribution >= 0.6 is 0 Å². The summed E-state index contributed by atoms with van der Waals surface area (Å²) in [5, 5.41) is 9.29. The van der Waals surface area contributed by atoms with E-state index in [2.05, 4.69) is 200 Å². The van der Waals surface area contributed by atoms with E-state index in [1.54, 1.807) is 0 Å². The molecule has 0 unspecified atom stereocenters. The molecule has 62 heavy (non-hydrogen) atoms. The first kappa shape index (κ1) is 35.6. The summed E-state index contributed by atoms with van der Waals surface area (Å²) in [6.07, 6.45) is 1.92. The van der Waals surface area contributed by atoms with Gasteiger partial charge >= 0.3 is 0 Å². The number of aromatic nitrogens is 4. The van der Waals surface area contributed by atoms with Gasteiger partial charge in [-0.1, -0.05) is 176 Å². The summed E-state index contributed by atoms with van der Waals surface area (Å²) in [4.78, 5) is 21.4. The van der Waals surface area contributed by atoms with Crippen LogP contribution < -0.4 is 0 Å². The highest BCUT2D eigenvalue weighted by molar-refractivity contribution is 6.23. The Balaban J connectivity index is 1.12. The zero-order chi connectivity index (χ0) is 41.0. The molecule has 288 valence electrons. The summed E-state index contributed by atoms with van der Waals surface area (Å²) in [5.74, 6) is 0.629. The van der Waals surface area contributed by atoms with E-state index in [4.69, 9.17) is 19.9 Å². The number of nitrogens with zero attached hydrogens (tertiary/aromatic N) is 4. The van der Waals surface area contributed by atoms with Gasteiger partial charge in [-0.2, -0.15) is 0 Å². The van der Waals surface area contributed by atoms with Crippen LogP contribution in [-0.4, -0.2) is 19.9 Å². The van der Waals surface area contributed by atoms with Gasteiger partial charge < -0.3 is 0 Å². The van der Waals surface area contributed by atoms with E-state index in [1.165, 1.54) is 26.9 Å². The van der Waals surface area contributed by atoms with E-state index in [-0.39, 0.29) is 0 Å². The fraction of sp³-hybridized carbons (Fsp3) is 0. The van der Waals surface area contributed by atoms with Crippen molar-refractivity contribution in [2.75, 3.05) is 0 Å². The fourth-order valence-corrected chi connectivity index (χ4v) is 9.08. The average molecular weight is 789 g/mol. The summed E-state index contributed by atoms with van der Waals surface area (Å²) < 4.78 is 0. The third kappa shape index (κ3) is 6.16. The normalized spacial score (nSPS) is 11.5. The second-order valence-electron chi connectivity index (χ2n) is 15.8. The number of hydrogen-bond donors (Lipinski definition) is 0. The van der Waals surface area contributed by atoms with Gasteiger partial charge in [-0.3, -0.25) is 4.98 Å². The molecule has 0 spiro atoms. The Morgan fingerprint density at radius 2 is 0.758 bits per heavy atom. The Morgan fingerprint density at radius 3 is 1.48 bits per heavy atom. The van der Waals surface area contributed by atoms with Crippen LogP contribution in [0.2, 0.25) is 0 Å². The minimum Gasteiger partial charge on any atom is -0.252 e. The average Bonchev–Trinajstić information content (AvgIpc) is 3.36. The monoisotopic (exact) mass is 788 g/mol. The first-order valence-electron chi connectivity index (χ1n) is 21.0. The van der Waals surface area contributed by atoms with Gasteiger partial charge in [0.25, 0.3) is 0 Å². The summed E-state index contributed by atoms with van der Waals surface area (Å²) >= 11 is 0. The van der Waals surface area contributed by atoms with Crippen molar-refractivity contribution in [2.24, 2.45) is 0 Å². The summed E-state index contributed by atoms with van der Waals surface area (Å²) in [6.45, 7) is 0. The van der Waals surface area contributed by atoms with E-state index in [0.717, 1.165) is 88.8 Å². The van der Waals surface area contributed by atoms with Gasteiger partial charge in [0, 0.05) is 33.0 Å². The molecular formula is C58H36N4. The smallest absolute Gasteiger partial charge is 0.160 e. The maximum Gasteiger partial charge on any atom is 0.160 e. The first-order chi connectivity index (χ1) is 30.7. The Bertz CT molecular complexity index is 3660. The van der Waals surface area contributed by atoms with Crippen molar-refractivity contribution in [3.63, 3.8) is 0 Å². The quantitative estimate of drug-likeness (QED) is 0.158. The van der Waals surface area contributed by atoms with E-state index in [9.17, 15) is 0 Å². The van der Waals surface area contributed by atoms with Gasteiger partial charge in [-0.15, -0.1) is 0 Å². The molecule has 0 atom stereocenters. The summed E-state index contributed by atoms with van der Waals surface area (Å²) in [6, 6.07) is 74.9. The van der Waals surface area contributed by atoms with Crippen molar-refractivity contribution in [3.8, 4) is 67.4 Å². The highest BCUT2D eigenvalue weighted by Gasteiger charge is 2.18. The zero-order valence-electron chi connectivity index (χ0n) is 33.6. The highest BCUT2D eigenvalue weighted by Crippen LogP contribution is 2.40. The van der Waals surface area contributed by atoms with Crippen LogP contribution in [0, 0.1) is 0 Å². The van der Waals surface area contributed by atoms with Crippen LogP contribution in [-0.2, 0) is 0 Å². The Morgan fingerprint density at radius 1 is 0.258 bits per heavy atom. The van der Waals surface area contributed by atoms with Gasteiger partial charge in [0.15, 0.2) is 5.82 Å². The molecule has 0 amide bonds. The zero-order valence-corrected chi connectivity index (χ0v) is 33.6. The topological polar surface area (TPSA) is 51.6 Å². The summed E-state index contributed by atoms with van der Waals surface area (Å²) in [7, 11) is 0. The molecule has 0 bridgehead atoms. The predicted molar refractivity (Wildman–Crippen MR) is 258 cm³/mol. The third-order valence-electron chi connectivity index (χ3n) is 12.1. The molecule has 0 aliphatic heterocycles. The lowest BCUT2D eigenvalue weighted by Crippen LogP contribution is -1.98. The van der Waals surface area contributed by atoms with Gasteiger partial charge in [0.2, 0.25) is 0 Å². The van der Waals surface area contributed by atoms with Crippen molar-refractivity contribution >= 4 is 54.1 Å². The molecular weight excluding hydrogens is 753 g/mol. The largest absolute Gasteiger partial charge is 0.252 e. The van der Waals surface area contributed by atoms with Crippen molar-refractivity contribution in [3.05, 3.63) is 219 Å². The molecule has 0 fully saturated rings. The molecule has 10 aromatic carbocycles. The van der Waals surface area contributed by atoms with Crippen LogP contribution in [0.3, 0.4) is 0 Å². The van der Waals surface area contributed by atoms with Crippen LogP contribution in [0.15, 0.2) is 219 Å². The highest BCUT2D eigenvalue weighted by atomic mass is 14.9. The predicted octanol–water partition coefficient (Wildman–Crippen LogP) is 15.0. The number of benzene rings is 10. The van der Waals surface area contributed by atoms with Crippen molar-refractivity contribution < 1.29 is 0 Å². The second kappa shape index (κ2) is 14.7. The van der Waals surface area contributed by atoms with Gasteiger partial charge in [0.05, 0.1) is 34.3 Å². The third-order valence-corrected chi connectivity index (χ3v) is 12.1. The van der Waals surface area contributed by atoms with E-state index in [0.29, 0.717) is 5.82 Å². The first-order valence-corrected chi connectivity index (χ1v) is 21.0. The SMILES string of the molecule is c1ccc(-c2cccc(-c3cc(-c4ccccc4)nc(-c4cc(-c5cnc6c7ccccc7c7ccccc7c6n5)cc(-c5cc6ccccc6c6ccccc56)c4)n3)c2)cc1. The number of fused-ring (bicyclic) bond motifs is 9. The molecule has 0 saturated carbocycles. The molecule has 0 saturated heterocycles. The van der Waals surface area contributed by atoms with Crippen LogP contribution in [0.5, 0.6) is 0 Å². The molecule has 12 rings (SSSR count). The van der Waals surface area contributed by atoms with Crippen molar-refractivity contribution in [1.82, 2.24) is 19.9 Å². The van der Waals surface area contributed by atoms with E-state index >= 15 is 0 Å². The van der Waals surface area contributed by atoms with Crippen molar-refractivity contribution in [2.45, 2.75) is 0 Å². The molecule has 0 N–H and O–H groups in total. The lowest BCUT2D eigenvalue weighted by molar-refractivity contribution is 1.18. The van der Waals surface area contributed by atoms with Gasteiger partial charge in [-0.05, 0) is 91.0 Å². The molecule has 0 aliphatic rings. The Kier molecular flexibility index (Phi) is 8.46. The van der Waals surface area contributed by atoms with Crippen LogP contribution in [0.25, 0.3) is 122 Å². The van der Waals surface area contributed by atoms with E-state index < -0.39 is 0 Å². The van der Waals surface area contributed by atoms with E-state index in [1.807, 2.05) is 18.3 Å². The molecule has 4 nitrogen and oxygen atoms in total. The summed E-state index contributed by atoms with van der Waals surface area (Å²) in [5.41, 5.74) is 12.6. The minimum atomic E-state index is 0.629. The number of hydrogen-bond acceptors (Lipinski definition) is 4. The Hall–Kier alpha value is -8.34. The second-order valence-corrected chi connectivity index (χ2v) is 15.8. The minimum absolute atomic E-state index is 0.629. The maximum atomic E-state index is 5.47. The number of rotatable bonds is 6. The standard InChI is InChI=1S/C58H36N4/c1-3-16-37(17-4-1)39-21-15-22-41(30-39)54-35-53(38-18-5-2-6-19-38)61-58(62-54)44-32-42(52-34-40-20-7-8-23-45(40)46-24-9-10-27-49(46)52)31-43(33-44)55-36-59-56-50-28-13-11-25-47(50)48-26-12-14-29-51(48)57(56)60-55/h1-36H. The molecule has 2 heterocycles. The van der Waals surface area contributed by atoms with Gasteiger partial charge in [-0.25, -0.2) is 15.0 Å². The molecule has 2 aromatic heterocycles. The molecule has 12 aromatic rings. The van der Waals surface area contributed by atoms with Crippen molar-refractivity contribution in [1.29, 1.82) is 0 Å². The maximum absolute atomic E-state index is 5.47. The molecule has 0 aliphatic carbocycles. The Labute approximate surface area is 358 Å². The van der Waals surface area contributed by atoms with Crippen LogP contribution in [0.4, 0.5) is 0 Å². The molecule has 4 heteroatoms. The fourth-order valence-electron chi connectivity index (χ4n) is 9.08. The van der Waals surface area contributed by atoms with Gasteiger partial charge in [0.1, 0.15) is 0 Å². The lowest BCUT2D eigenvalue weighted by atomic mass is 9.91. The van der Waals surface area contributed by atoms with Crippen LogP contribution in [0.1, 0.15) is 0 Å².